The monoisotopic (exact) mass is 361 g/mol. The lowest BCUT2D eigenvalue weighted by atomic mass is 10.1. The first-order chi connectivity index (χ1) is 12.6. The van der Waals surface area contributed by atoms with Gasteiger partial charge in [-0.3, -0.25) is 0 Å². The fourth-order valence-corrected chi connectivity index (χ4v) is 4.48. The summed E-state index contributed by atoms with van der Waals surface area (Å²) < 4.78 is 8.04. The standard InChI is InChI=1S/C19H15N5OS/c1-10-7-11(2)21-19-14(10)15-16(26-19)18-22-17(23-24(18)9-20-15)12-5-4-6-13(8-12)25-3/h4-9H,1-3H3. The van der Waals surface area contributed by atoms with Crippen LogP contribution in [0.25, 0.3) is 37.5 Å². The van der Waals surface area contributed by atoms with Crippen molar-refractivity contribution >= 4 is 37.4 Å². The molecule has 0 spiro atoms. The average Bonchev–Trinajstić information content (AvgIpc) is 3.22. The molecular weight excluding hydrogens is 346 g/mol. The van der Waals surface area contributed by atoms with Gasteiger partial charge in [-0.15, -0.1) is 16.4 Å². The lowest BCUT2D eigenvalue weighted by Gasteiger charge is -2.00. The van der Waals surface area contributed by atoms with Crippen LogP contribution in [0.5, 0.6) is 5.75 Å². The molecule has 1 aromatic carbocycles. The summed E-state index contributed by atoms with van der Waals surface area (Å²) in [5.41, 5.74) is 4.84. The van der Waals surface area contributed by atoms with E-state index < -0.39 is 0 Å². The highest BCUT2D eigenvalue weighted by molar-refractivity contribution is 7.26. The second-order valence-corrected chi connectivity index (χ2v) is 7.22. The van der Waals surface area contributed by atoms with Crippen molar-refractivity contribution in [1.82, 2.24) is 24.6 Å². The fraction of sp³-hybridized carbons (Fsp3) is 0.158. The van der Waals surface area contributed by atoms with E-state index in [4.69, 9.17) is 9.72 Å². The molecule has 0 radical (unpaired) electrons. The van der Waals surface area contributed by atoms with Gasteiger partial charge in [-0.05, 0) is 37.6 Å². The van der Waals surface area contributed by atoms with Crippen molar-refractivity contribution < 1.29 is 4.74 Å². The maximum absolute atomic E-state index is 5.30. The number of aromatic nitrogens is 5. The van der Waals surface area contributed by atoms with E-state index in [-0.39, 0.29) is 0 Å². The molecule has 6 nitrogen and oxygen atoms in total. The van der Waals surface area contributed by atoms with E-state index in [9.17, 15) is 0 Å². The number of hydrogen-bond acceptors (Lipinski definition) is 6. The zero-order valence-electron chi connectivity index (χ0n) is 14.5. The minimum Gasteiger partial charge on any atom is -0.497 e. The zero-order valence-corrected chi connectivity index (χ0v) is 15.3. The van der Waals surface area contributed by atoms with Crippen LogP contribution in [0.4, 0.5) is 0 Å². The van der Waals surface area contributed by atoms with E-state index in [0.29, 0.717) is 5.82 Å². The molecule has 0 saturated heterocycles. The Kier molecular flexibility index (Phi) is 3.20. The molecule has 128 valence electrons. The van der Waals surface area contributed by atoms with Crippen LogP contribution in [0.15, 0.2) is 36.7 Å². The summed E-state index contributed by atoms with van der Waals surface area (Å²) in [4.78, 5) is 15.1. The predicted molar refractivity (Wildman–Crippen MR) is 103 cm³/mol. The summed E-state index contributed by atoms with van der Waals surface area (Å²) in [5, 5.41) is 5.69. The molecule has 0 aliphatic carbocycles. The van der Waals surface area contributed by atoms with Crippen LogP contribution in [0.3, 0.4) is 0 Å². The molecule has 7 heteroatoms. The van der Waals surface area contributed by atoms with Crippen LogP contribution in [-0.2, 0) is 0 Å². The molecule has 4 heterocycles. The number of aryl methyl sites for hydroxylation is 2. The first-order valence-corrected chi connectivity index (χ1v) is 9.02. The lowest BCUT2D eigenvalue weighted by Crippen LogP contribution is -1.90. The number of hydrogen-bond donors (Lipinski definition) is 0. The van der Waals surface area contributed by atoms with Crippen LogP contribution < -0.4 is 4.74 Å². The summed E-state index contributed by atoms with van der Waals surface area (Å²) >= 11 is 1.61. The minimum absolute atomic E-state index is 0.650. The maximum atomic E-state index is 5.30. The molecule has 0 N–H and O–H groups in total. The van der Waals surface area contributed by atoms with E-state index >= 15 is 0 Å². The molecule has 5 rings (SSSR count). The Balaban J connectivity index is 1.80. The van der Waals surface area contributed by atoms with E-state index in [2.05, 4.69) is 28.1 Å². The van der Waals surface area contributed by atoms with Crippen molar-refractivity contribution in [2.24, 2.45) is 0 Å². The summed E-state index contributed by atoms with van der Waals surface area (Å²) in [6.07, 6.45) is 1.72. The molecule has 4 aromatic heterocycles. The molecule has 0 bridgehead atoms. The van der Waals surface area contributed by atoms with Crippen molar-refractivity contribution in [3.05, 3.63) is 47.9 Å². The smallest absolute Gasteiger partial charge is 0.182 e. The minimum atomic E-state index is 0.650. The summed E-state index contributed by atoms with van der Waals surface area (Å²) in [7, 11) is 1.65. The summed E-state index contributed by atoms with van der Waals surface area (Å²) in [6.45, 7) is 4.11. The fourth-order valence-electron chi connectivity index (χ4n) is 3.25. The Morgan fingerprint density at radius 1 is 1.12 bits per heavy atom. The highest BCUT2D eigenvalue weighted by atomic mass is 32.1. The van der Waals surface area contributed by atoms with Gasteiger partial charge in [-0.2, -0.15) is 0 Å². The van der Waals surface area contributed by atoms with Gasteiger partial charge >= 0.3 is 0 Å². The van der Waals surface area contributed by atoms with Crippen molar-refractivity contribution in [1.29, 1.82) is 0 Å². The topological polar surface area (TPSA) is 65.2 Å². The van der Waals surface area contributed by atoms with Gasteiger partial charge < -0.3 is 4.74 Å². The Bertz CT molecular complexity index is 1300. The Morgan fingerprint density at radius 3 is 2.85 bits per heavy atom. The Labute approximate surface area is 153 Å². The van der Waals surface area contributed by atoms with Crippen molar-refractivity contribution in [2.75, 3.05) is 7.11 Å². The molecule has 0 aliphatic heterocycles. The van der Waals surface area contributed by atoms with Crippen LogP contribution in [-0.4, -0.2) is 31.7 Å². The Hall–Kier alpha value is -3.06. The number of fused-ring (bicyclic) bond motifs is 5. The maximum Gasteiger partial charge on any atom is 0.182 e. The number of thiophene rings is 1. The quantitative estimate of drug-likeness (QED) is 0.472. The molecule has 5 aromatic rings. The number of pyridine rings is 1. The molecule has 0 fully saturated rings. The highest BCUT2D eigenvalue weighted by Crippen LogP contribution is 2.36. The van der Waals surface area contributed by atoms with Crippen LogP contribution in [0.2, 0.25) is 0 Å². The SMILES string of the molecule is COc1cccc(-c2nc3c4sc5nc(C)cc(C)c5c4ncn3n2)c1. The van der Waals surface area contributed by atoms with Gasteiger partial charge in [-0.25, -0.2) is 19.5 Å². The van der Waals surface area contributed by atoms with Gasteiger partial charge in [0.1, 0.15) is 21.6 Å². The second kappa shape index (κ2) is 5.47. The lowest BCUT2D eigenvalue weighted by molar-refractivity contribution is 0.415. The summed E-state index contributed by atoms with van der Waals surface area (Å²) in [5.74, 6) is 1.43. The third kappa shape index (κ3) is 2.17. The molecule has 0 unspecified atom stereocenters. The Morgan fingerprint density at radius 2 is 2.00 bits per heavy atom. The number of methoxy groups -OCH3 is 1. The highest BCUT2D eigenvalue weighted by Gasteiger charge is 2.16. The number of nitrogens with zero attached hydrogens (tertiary/aromatic N) is 5. The van der Waals surface area contributed by atoms with Crippen LogP contribution in [0.1, 0.15) is 11.3 Å². The van der Waals surface area contributed by atoms with Gasteiger partial charge in [0.15, 0.2) is 11.5 Å². The van der Waals surface area contributed by atoms with Crippen molar-refractivity contribution in [3.8, 4) is 17.1 Å². The first-order valence-electron chi connectivity index (χ1n) is 8.20. The van der Waals surface area contributed by atoms with E-state index in [1.54, 1.807) is 29.3 Å². The first kappa shape index (κ1) is 15.2. The van der Waals surface area contributed by atoms with Crippen molar-refractivity contribution in [3.63, 3.8) is 0 Å². The van der Waals surface area contributed by atoms with Gasteiger partial charge in [0.2, 0.25) is 0 Å². The normalized spacial score (nSPS) is 11.7. The molecule has 26 heavy (non-hydrogen) atoms. The van der Waals surface area contributed by atoms with E-state index in [1.807, 2.05) is 31.2 Å². The zero-order chi connectivity index (χ0) is 17.8. The van der Waals surface area contributed by atoms with Gasteiger partial charge in [-0.1, -0.05) is 12.1 Å². The molecule has 0 amide bonds. The van der Waals surface area contributed by atoms with Crippen LogP contribution >= 0.6 is 11.3 Å². The molecule has 0 atom stereocenters. The van der Waals surface area contributed by atoms with E-state index in [1.165, 1.54) is 5.56 Å². The van der Waals surface area contributed by atoms with E-state index in [0.717, 1.165) is 43.1 Å². The molecule has 0 aliphatic rings. The largest absolute Gasteiger partial charge is 0.497 e. The summed E-state index contributed by atoms with van der Waals surface area (Å²) in [6, 6.07) is 9.83. The third-order valence-corrected chi connectivity index (χ3v) is 5.49. The van der Waals surface area contributed by atoms with Gasteiger partial charge in [0, 0.05) is 16.6 Å². The number of ether oxygens (including phenoxy) is 1. The average molecular weight is 361 g/mol. The number of benzene rings is 1. The van der Waals surface area contributed by atoms with Gasteiger partial charge in [0.05, 0.1) is 12.6 Å². The number of rotatable bonds is 2. The van der Waals surface area contributed by atoms with Crippen LogP contribution in [0, 0.1) is 13.8 Å². The van der Waals surface area contributed by atoms with Crippen molar-refractivity contribution in [2.45, 2.75) is 13.8 Å². The molecular formula is C19H15N5OS. The predicted octanol–water partition coefficient (Wildman–Crippen LogP) is 4.18. The third-order valence-electron chi connectivity index (χ3n) is 4.42. The molecule has 0 saturated carbocycles. The second-order valence-electron chi connectivity index (χ2n) is 6.22. The van der Waals surface area contributed by atoms with Gasteiger partial charge in [0.25, 0.3) is 0 Å².